The van der Waals surface area contributed by atoms with Crippen molar-refractivity contribution in [1.82, 2.24) is 0 Å². The molecule has 0 unspecified atom stereocenters. The van der Waals surface area contributed by atoms with Crippen molar-refractivity contribution in [1.29, 1.82) is 0 Å². The first-order valence-electron chi connectivity index (χ1n) is 18.8. The third-order valence-electron chi connectivity index (χ3n) is 11.4. The van der Waals surface area contributed by atoms with Gasteiger partial charge in [0, 0.05) is 0 Å². The fraction of sp³-hybridized carbons (Fsp3) is 0. The Hall–Kier alpha value is -7.02. The van der Waals surface area contributed by atoms with Crippen LogP contribution in [-0.4, -0.2) is 0 Å². The summed E-state index contributed by atoms with van der Waals surface area (Å²) in [6.45, 7) is 0. The minimum Gasteiger partial charge on any atom is -0.0622 e. The van der Waals surface area contributed by atoms with Crippen LogP contribution < -0.4 is 0 Å². The first-order valence-corrected chi connectivity index (χ1v) is 18.8. The van der Waals surface area contributed by atoms with E-state index in [-0.39, 0.29) is 0 Å². The second kappa shape index (κ2) is 12.3. The van der Waals surface area contributed by atoms with E-state index in [1.165, 1.54) is 109 Å². The maximum Gasteiger partial charge on any atom is -0.00262 e. The molecule has 0 bridgehead atoms. The molecular formula is C54H34. The molecule has 0 amide bonds. The lowest BCUT2D eigenvalue weighted by molar-refractivity contribution is 1.64. The highest BCUT2D eigenvalue weighted by molar-refractivity contribution is 6.24. The molecule has 0 atom stereocenters. The normalized spacial score (nSPS) is 11.7. The first-order chi connectivity index (χ1) is 26.8. The van der Waals surface area contributed by atoms with Crippen LogP contribution in [0.3, 0.4) is 0 Å². The van der Waals surface area contributed by atoms with Gasteiger partial charge in [-0.1, -0.05) is 188 Å². The van der Waals surface area contributed by atoms with Gasteiger partial charge in [0.25, 0.3) is 0 Å². The maximum atomic E-state index is 2.42. The summed E-state index contributed by atoms with van der Waals surface area (Å²) in [5, 5.41) is 15.3. The SMILES string of the molecule is c1ccc(-c2cc3c4ccccc4c(-c4ccc(-c5c6ccccc6c(-c6ccc7ccccc7c6)c6ccccc56)cc4)cc3c3ccccc23)cc1. The first kappa shape index (κ1) is 30.6. The van der Waals surface area contributed by atoms with E-state index in [9.17, 15) is 0 Å². The fourth-order valence-electron chi connectivity index (χ4n) is 8.96. The van der Waals surface area contributed by atoms with E-state index in [1.54, 1.807) is 0 Å². The van der Waals surface area contributed by atoms with Crippen LogP contribution in [0.25, 0.3) is 109 Å². The fourth-order valence-corrected chi connectivity index (χ4v) is 8.96. The molecule has 11 aromatic rings. The van der Waals surface area contributed by atoms with Gasteiger partial charge in [0.1, 0.15) is 0 Å². The third kappa shape index (κ3) is 4.78. The Morgan fingerprint density at radius 3 is 1.09 bits per heavy atom. The lowest BCUT2D eigenvalue weighted by atomic mass is 9.85. The molecule has 0 aliphatic rings. The molecule has 54 heavy (non-hydrogen) atoms. The largest absolute Gasteiger partial charge is 0.0622 e. The van der Waals surface area contributed by atoms with Gasteiger partial charge in [-0.25, -0.2) is 0 Å². The van der Waals surface area contributed by atoms with Gasteiger partial charge in [-0.3, -0.25) is 0 Å². The highest BCUT2D eigenvalue weighted by atomic mass is 14.2. The summed E-state index contributed by atoms with van der Waals surface area (Å²) in [6.07, 6.45) is 0. The quantitative estimate of drug-likeness (QED) is 0.128. The second-order valence-corrected chi connectivity index (χ2v) is 14.4. The monoisotopic (exact) mass is 682 g/mol. The van der Waals surface area contributed by atoms with Crippen LogP contribution in [0.5, 0.6) is 0 Å². The molecule has 11 aromatic carbocycles. The van der Waals surface area contributed by atoms with Crippen molar-refractivity contribution < 1.29 is 0 Å². The van der Waals surface area contributed by atoms with E-state index >= 15 is 0 Å². The number of hydrogen-bond acceptors (Lipinski definition) is 0. The minimum atomic E-state index is 1.22. The van der Waals surface area contributed by atoms with Gasteiger partial charge in [0.15, 0.2) is 0 Å². The molecular weight excluding hydrogens is 649 g/mol. The van der Waals surface area contributed by atoms with Crippen molar-refractivity contribution in [2.75, 3.05) is 0 Å². The van der Waals surface area contributed by atoms with E-state index in [1.807, 2.05) is 0 Å². The topological polar surface area (TPSA) is 0 Å². The van der Waals surface area contributed by atoms with Crippen LogP contribution in [0.1, 0.15) is 0 Å². The Morgan fingerprint density at radius 2 is 0.556 bits per heavy atom. The summed E-state index contributed by atoms with van der Waals surface area (Å²) in [5.74, 6) is 0. The van der Waals surface area contributed by atoms with Gasteiger partial charge in [-0.2, -0.15) is 0 Å². The van der Waals surface area contributed by atoms with Crippen LogP contribution in [0, 0.1) is 0 Å². The zero-order chi connectivity index (χ0) is 35.6. The van der Waals surface area contributed by atoms with Crippen molar-refractivity contribution in [3.05, 3.63) is 206 Å². The van der Waals surface area contributed by atoms with Crippen LogP contribution in [0.15, 0.2) is 206 Å². The molecule has 0 aromatic heterocycles. The van der Waals surface area contributed by atoms with E-state index in [0.29, 0.717) is 0 Å². The third-order valence-corrected chi connectivity index (χ3v) is 11.4. The Bertz CT molecular complexity index is 3180. The summed E-state index contributed by atoms with van der Waals surface area (Å²) >= 11 is 0. The van der Waals surface area contributed by atoms with Crippen LogP contribution in [0.4, 0.5) is 0 Å². The molecule has 0 heteroatoms. The van der Waals surface area contributed by atoms with E-state index in [4.69, 9.17) is 0 Å². The maximum absolute atomic E-state index is 2.42. The van der Waals surface area contributed by atoms with Gasteiger partial charge in [-0.05, 0) is 127 Å². The van der Waals surface area contributed by atoms with Gasteiger partial charge < -0.3 is 0 Å². The predicted octanol–water partition coefficient (Wildman–Crippen LogP) is 15.3. The Kier molecular flexibility index (Phi) is 6.97. The number of rotatable bonds is 4. The van der Waals surface area contributed by atoms with E-state index in [0.717, 1.165) is 0 Å². The molecule has 0 N–H and O–H groups in total. The molecule has 0 spiro atoms. The molecule has 0 saturated carbocycles. The van der Waals surface area contributed by atoms with Crippen molar-refractivity contribution in [3.8, 4) is 44.5 Å². The summed E-state index contributed by atoms with van der Waals surface area (Å²) in [6, 6.07) is 76.1. The summed E-state index contributed by atoms with van der Waals surface area (Å²) in [7, 11) is 0. The lowest BCUT2D eigenvalue weighted by Gasteiger charge is -2.18. The molecule has 0 fully saturated rings. The Morgan fingerprint density at radius 1 is 0.185 bits per heavy atom. The Labute approximate surface area is 314 Å². The van der Waals surface area contributed by atoms with Crippen molar-refractivity contribution in [2.45, 2.75) is 0 Å². The highest BCUT2D eigenvalue weighted by Gasteiger charge is 2.18. The molecule has 0 aliphatic carbocycles. The van der Waals surface area contributed by atoms with Crippen molar-refractivity contribution in [3.63, 3.8) is 0 Å². The molecule has 0 radical (unpaired) electrons. The minimum absolute atomic E-state index is 1.22. The molecule has 0 nitrogen and oxygen atoms in total. The number of hydrogen-bond donors (Lipinski definition) is 0. The molecule has 250 valence electrons. The molecule has 0 saturated heterocycles. The summed E-state index contributed by atoms with van der Waals surface area (Å²) in [5.41, 5.74) is 10.0. The average molecular weight is 683 g/mol. The van der Waals surface area contributed by atoms with Gasteiger partial charge >= 0.3 is 0 Å². The smallest absolute Gasteiger partial charge is 0.00262 e. The average Bonchev–Trinajstić information content (AvgIpc) is 3.25. The van der Waals surface area contributed by atoms with Crippen LogP contribution in [0.2, 0.25) is 0 Å². The standard InChI is InChI=1S/C54H34/c1-2-15-36(16-3-1)49-33-51-44-21-9-7-19-42(44)50(34-52(51)43-20-8-6-18-41(43)49)37-27-29-38(30-28-37)53-45-22-10-12-24-47(45)54(48-25-13-11-23-46(48)53)40-31-26-35-14-4-5-17-39(35)32-40/h1-34H. The van der Waals surface area contributed by atoms with E-state index < -0.39 is 0 Å². The molecule has 0 aliphatic heterocycles. The zero-order valence-corrected chi connectivity index (χ0v) is 29.6. The van der Waals surface area contributed by atoms with Crippen LogP contribution in [-0.2, 0) is 0 Å². The van der Waals surface area contributed by atoms with Gasteiger partial charge in [0.2, 0.25) is 0 Å². The summed E-state index contributed by atoms with van der Waals surface area (Å²) < 4.78 is 0. The Balaban J connectivity index is 1.11. The zero-order valence-electron chi connectivity index (χ0n) is 29.6. The summed E-state index contributed by atoms with van der Waals surface area (Å²) in [4.78, 5) is 0. The second-order valence-electron chi connectivity index (χ2n) is 14.4. The highest BCUT2D eigenvalue weighted by Crippen LogP contribution is 2.46. The predicted molar refractivity (Wildman–Crippen MR) is 233 cm³/mol. The van der Waals surface area contributed by atoms with Gasteiger partial charge in [-0.15, -0.1) is 0 Å². The molecule has 0 heterocycles. The van der Waals surface area contributed by atoms with Crippen LogP contribution >= 0.6 is 0 Å². The number of benzene rings is 11. The molecule has 11 rings (SSSR count). The van der Waals surface area contributed by atoms with Crippen molar-refractivity contribution >= 4 is 64.6 Å². The lowest BCUT2D eigenvalue weighted by Crippen LogP contribution is -1.91. The van der Waals surface area contributed by atoms with E-state index in [2.05, 4.69) is 206 Å². The van der Waals surface area contributed by atoms with Crippen molar-refractivity contribution in [2.24, 2.45) is 0 Å². The number of fused-ring (bicyclic) bond motifs is 8. The van der Waals surface area contributed by atoms with Gasteiger partial charge in [0.05, 0.1) is 0 Å².